The monoisotopic (exact) mass is 297 g/mol. The molecule has 3 heteroatoms. The summed E-state index contributed by atoms with van der Waals surface area (Å²) in [5.74, 6) is 0.178. The number of Topliss-reactive ketones (excluding diaryl/α,β-unsaturated/α-hetero) is 1. The minimum Gasteiger partial charge on any atom is -0.391 e. The van der Waals surface area contributed by atoms with E-state index in [1.165, 1.54) is 5.57 Å². The van der Waals surface area contributed by atoms with Crippen molar-refractivity contribution >= 4 is 5.78 Å². The number of hydrogen-bond acceptors (Lipinski definition) is 3. The van der Waals surface area contributed by atoms with E-state index in [1.54, 1.807) is 0 Å². The van der Waals surface area contributed by atoms with Crippen molar-refractivity contribution in [2.24, 2.45) is 11.8 Å². The topological polar surface area (TPSA) is 40.5 Å². The summed E-state index contributed by atoms with van der Waals surface area (Å²) >= 11 is 0. The van der Waals surface area contributed by atoms with E-state index in [4.69, 9.17) is 0 Å². The van der Waals surface area contributed by atoms with E-state index < -0.39 is 12.1 Å². The summed E-state index contributed by atoms with van der Waals surface area (Å²) in [6.45, 7) is 14.1. The average Bonchev–Trinajstić information content (AvgIpc) is 2.43. The summed E-state index contributed by atoms with van der Waals surface area (Å²) in [7, 11) is 1.93. The van der Waals surface area contributed by atoms with Gasteiger partial charge in [0.05, 0.1) is 12.1 Å². The van der Waals surface area contributed by atoms with Gasteiger partial charge in [-0.3, -0.25) is 9.69 Å². The number of nitrogens with zero attached hydrogens (tertiary/aromatic N) is 1. The molecule has 0 aliphatic heterocycles. The predicted molar refractivity (Wildman–Crippen MR) is 90.4 cm³/mol. The molecule has 124 valence electrons. The number of likely N-dealkylation sites (N-methyl/N-ethyl adjacent to an activating group) is 1. The Morgan fingerprint density at radius 3 is 2.10 bits per heavy atom. The molecule has 0 fully saturated rings. The molecule has 0 saturated heterocycles. The van der Waals surface area contributed by atoms with Crippen molar-refractivity contribution in [1.82, 2.24) is 4.90 Å². The van der Waals surface area contributed by atoms with Crippen LogP contribution in [0.3, 0.4) is 0 Å². The van der Waals surface area contributed by atoms with Crippen molar-refractivity contribution in [3.05, 3.63) is 11.6 Å². The van der Waals surface area contributed by atoms with Gasteiger partial charge < -0.3 is 5.11 Å². The van der Waals surface area contributed by atoms with E-state index in [2.05, 4.69) is 26.8 Å². The zero-order valence-corrected chi connectivity index (χ0v) is 15.2. The van der Waals surface area contributed by atoms with Crippen LogP contribution in [0.1, 0.15) is 61.3 Å². The Hall–Kier alpha value is -0.670. The summed E-state index contributed by atoms with van der Waals surface area (Å²) in [5.41, 5.74) is 1.33. The zero-order valence-electron chi connectivity index (χ0n) is 15.2. The number of carbonyl (C=O) groups is 1. The number of carbonyl (C=O) groups excluding carboxylic acids is 1. The van der Waals surface area contributed by atoms with Gasteiger partial charge in [-0.05, 0) is 53.5 Å². The summed E-state index contributed by atoms with van der Waals surface area (Å²) < 4.78 is 0. The molecule has 3 atom stereocenters. The second-order valence-electron chi connectivity index (χ2n) is 6.90. The predicted octanol–water partition coefficient (Wildman–Crippen LogP) is 3.66. The molecule has 0 aromatic heterocycles. The number of rotatable bonds is 9. The van der Waals surface area contributed by atoms with Crippen LogP contribution < -0.4 is 0 Å². The molecule has 0 aromatic carbocycles. The van der Waals surface area contributed by atoms with Gasteiger partial charge in [-0.2, -0.15) is 0 Å². The summed E-state index contributed by atoms with van der Waals surface area (Å²) in [6, 6.07) is -0.178. The van der Waals surface area contributed by atoms with Crippen LogP contribution in [0, 0.1) is 11.8 Å². The van der Waals surface area contributed by atoms with Gasteiger partial charge in [-0.15, -0.1) is 0 Å². The maximum atomic E-state index is 12.5. The lowest BCUT2D eigenvalue weighted by molar-refractivity contribution is -0.133. The van der Waals surface area contributed by atoms with Gasteiger partial charge in [-0.25, -0.2) is 0 Å². The smallest absolute Gasteiger partial charge is 0.155 e. The van der Waals surface area contributed by atoms with E-state index in [0.717, 1.165) is 12.8 Å². The van der Waals surface area contributed by atoms with Gasteiger partial charge in [0.25, 0.3) is 0 Å². The second-order valence-corrected chi connectivity index (χ2v) is 6.90. The van der Waals surface area contributed by atoms with E-state index >= 15 is 0 Å². The fourth-order valence-corrected chi connectivity index (χ4v) is 2.35. The van der Waals surface area contributed by atoms with Crippen molar-refractivity contribution in [2.75, 3.05) is 7.05 Å². The zero-order chi connectivity index (χ0) is 16.7. The highest BCUT2D eigenvalue weighted by Crippen LogP contribution is 2.22. The maximum absolute atomic E-state index is 12.5. The Bertz CT molecular complexity index is 347. The number of aliphatic hydroxyl groups excluding tert-OH is 1. The highest BCUT2D eigenvalue weighted by molar-refractivity contribution is 5.86. The number of allylic oxidation sites excluding steroid dienone is 2. The lowest BCUT2D eigenvalue weighted by Crippen LogP contribution is -2.53. The Balaban J connectivity index is 5.01. The first-order valence-corrected chi connectivity index (χ1v) is 8.18. The maximum Gasteiger partial charge on any atom is 0.155 e. The molecule has 0 spiro atoms. The molecule has 0 radical (unpaired) electrons. The number of aliphatic hydroxyl groups is 1. The molecule has 0 unspecified atom stereocenters. The molecule has 0 amide bonds. The third kappa shape index (κ3) is 6.31. The minimum absolute atomic E-state index is 0.0599. The van der Waals surface area contributed by atoms with E-state index in [1.807, 2.05) is 39.6 Å². The fourth-order valence-electron chi connectivity index (χ4n) is 2.35. The summed E-state index contributed by atoms with van der Waals surface area (Å²) in [4.78, 5) is 14.5. The average molecular weight is 297 g/mol. The Labute approximate surface area is 131 Å². The Kier molecular flexibility index (Phi) is 9.07. The highest BCUT2D eigenvalue weighted by atomic mass is 16.3. The molecule has 0 bridgehead atoms. The second kappa shape index (κ2) is 9.37. The lowest BCUT2D eigenvalue weighted by Gasteiger charge is -2.37. The third-order valence-electron chi connectivity index (χ3n) is 4.51. The summed E-state index contributed by atoms with van der Waals surface area (Å²) in [5, 5.41) is 10.7. The molecular formula is C18H35NO2. The lowest BCUT2D eigenvalue weighted by atomic mass is 9.86. The highest BCUT2D eigenvalue weighted by Gasteiger charge is 2.35. The van der Waals surface area contributed by atoms with Crippen molar-refractivity contribution in [3.8, 4) is 0 Å². The van der Waals surface area contributed by atoms with Crippen LogP contribution in [0.25, 0.3) is 0 Å². The van der Waals surface area contributed by atoms with E-state index in [9.17, 15) is 9.90 Å². The molecule has 21 heavy (non-hydrogen) atoms. The van der Waals surface area contributed by atoms with Crippen LogP contribution >= 0.6 is 0 Å². The minimum atomic E-state index is -0.614. The van der Waals surface area contributed by atoms with Gasteiger partial charge in [0, 0.05) is 12.0 Å². The van der Waals surface area contributed by atoms with Gasteiger partial charge in [0.15, 0.2) is 5.78 Å². The first-order chi connectivity index (χ1) is 9.63. The van der Waals surface area contributed by atoms with E-state index in [0.29, 0.717) is 0 Å². The molecular weight excluding hydrogens is 262 g/mol. The van der Waals surface area contributed by atoms with Crippen molar-refractivity contribution in [3.63, 3.8) is 0 Å². The number of hydrogen-bond donors (Lipinski definition) is 1. The standard InChI is InChI=1S/C18H35NO2/c1-9-14(6)10-11-15(7)18(21)16(17(20)12(2)3)19(8)13(4)5/h9,12-13,15-16,18,21H,10-11H2,1-8H3/b14-9-/t15-,16-,18-/m1/s1. The van der Waals surface area contributed by atoms with Gasteiger partial charge in [0.1, 0.15) is 0 Å². The van der Waals surface area contributed by atoms with Crippen LogP contribution in [-0.2, 0) is 4.79 Å². The van der Waals surface area contributed by atoms with Crippen LogP contribution in [0.4, 0.5) is 0 Å². The summed E-state index contributed by atoms with van der Waals surface area (Å²) in [6.07, 6.45) is 3.38. The molecule has 0 saturated carbocycles. The third-order valence-corrected chi connectivity index (χ3v) is 4.51. The molecule has 3 nitrogen and oxygen atoms in total. The van der Waals surface area contributed by atoms with Crippen LogP contribution in [-0.4, -0.2) is 41.0 Å². The van der Waals surface area contributed by atoms with Crippen LogP contribution in [0.15, 0.2) is 11.6 Å². The molecule has 1 N–H and O–H groups in total. The fraction of sp³-hybridized carbons (Fsp3) is 0.833. The molecule has 0 aliphatic rings. The van der Waals surface area contributed by atoms with Gasteiger partial charge in [-0.1, -0.05) is 32.4 Å². The van der Waals surface area contributed by atoms with Crippen molar-refractivity contribution in [2.45, 2.75) is 79.5 Å². The van der Waals surface area contributed by atoms with Crippen LogP contribution in [0.5, 0.6) is 0 Å². The van der Waals surface area contributed by atoms with Crippen molar-refractivity contribution in [1.29, 1.82) is 0 Å². The normalized spacial score (nSPS) is 17.4. The SMILES string of the molecule is C/C=C(/C)CC[C@@H](C)[C@@H](O)[C@@H](C(=O)C(C)C)N(C)C(C)C. The largest absolute Gasteiger partial charge is 0.391 e. The first-order valence-electron chi connectivity index (χ1n) is 8.18. The quantitative estimate of drug-likeness (QED) is 0.660. The molecule has 0 aliphatic carbocycles. The van der Waals surface area contributed by atoms with Gasteiger partial charge in [0.2, 0.25) is 0 Å². The van der Waals surface area contributed by atoms with Gasteiger partial charge >= 0.3 is 0 Å². The molecule has 0 rings (SSSR count). The first kappa shape index (κ1) is 20.3. The Morgan fingerprint density at radius 1 is 1.19 bits per heavy atom. The number of ketones is 1. The van der Waals surface area contributed by atoms with E-state index in [-0.39, 0.29) is 23.7 Å². The Morgan fingerprint density at radius 2 is 1.71 bits per heavy atom. The van der Waals surface area contributed by atoms with Crippen molar-refractivity contribution < 1.29 is 9.90 Å². The van der Waals surface area contributed by atoms with Crippen LogP contribution in [0.2, 0.25) is 0 Å². The molecule has 0 heterocycles. The molecule has 0 aromatic rings.